The molecule has 0 aliphatic carbocycles. The molecule has 1 N–H and O–H groups in total. The number of nitrogens with one attached hydrogen (secondary N) is 1. The molecule has 3 atom stereocenters. The van der Waals surface area contributed by atoms with E-state index in [2.05, 4.69) is 47.0 Å². The molecule has 18 heavy (non-hydrogen) atoms. The summed E-state index contributed by atoms with van der Waals surface area (Å²) in [6, 6.07) is -0.222. The lowest BCUT2D eigenvalue weighted by Crippen LogP contribution is -2.47. The minimum absolute atomic E-state index is 0.106. The Balaban J connectivity index is 2.67. The molecule has 0 spiro atoms. The van der Waals surface area contributed by atoms with Crippen LogP contribution in [0.3, 0.4) is 0 Å². The minimum Gasteiger partial charge on any atom is -0.468 e. The minimum atomic E-state index is -1.78. The SMILES string of the molecule is BC1N[C@H](C(=O)OC)CC1O[Si](C)(C)C(C)(C)C. The fourth-order valence-corrected chi connectivity index (χ4v) is 3.35. The molecule has 0 aromatic heterocycles. The monoisotopic (exact) mass is 271 g/mol. The zero-order valence-corrected chi connectivity index (χ0v) is 13.7. The Morgan fingerprint density at radius 3 is 2.39 bits per heavy atom. The van der Waals surface area contributed by atoms with Gasteiger partial charge in [-0.2, -0.15) is 0 Å². The predicted octanol–water partition coefficient (Wildman–Crippen LogP) is 0.871. The molecule has 0 aromatic carbocycles. The largest absolute Gasteiger partial charge is 0.468 e. The van der Waals surface area contributed by atoms with Crippen LogP contribution in [0.2, 0.25) is 18.1 Å². The first-order chi connectivity index (χ1) is 8.08. The molecule has 1 saturated heterocycles. The maximum atomic E-state index is 11.5. The second kappa shape index (κ2) is 5.35. The number of hydrogen-bond donors (Lipinski definition) is 1. The zero-order valence-electron chi connectivity index (χ0n) is 12.7. The van der Waals surface area contributed by atoms with E-state index in [9.17, 15) is 4.79 Å². The summed E-state index contributed by atoms with van der Waals surface area (Å²) in [5, 5.41) is 3.44. The van der Waals surface area contributed by atoms with Gasteiger partial charge in [0.1, 0.15) is 13.9 Å². The average molecular weight is 271 g/mol. The van der Waals surface area contributed by atoms with Gasteiger partial charge in [-0.3, -0.25) is 4.79 Å². The van der Waals surface area contributed by atoms with Crippen molar-refractivity contribution in [3.8, 4) is 0 Å². The van der Waals surface area contributed by atoms with Crippen molar-refractivity contribution in [2.45, 2.75) is 63.4 Å². The number of ether oxygens (including phenoxy) is 1. The quantitative estimate of drug-likeness (QED) is 0.611. The van der Waals surface area contributed by atoms with Crippen LogP contribution in [-0.4, -0.2) is 47.3 Å². The number of methoxy groups -OCH3 is 1. The molecule has 0 bridgehead atoms. The number of carbonyl (C=O) groups excluding carboxylic acids is 1. The lowest BCUT2D eigenvalue weighted by molar-refractivity contribution is -0.142. The summed E-state index contributed by atoms with van der Waals surface area (Å²) >= 11 is 0. The molecular formula is C12H26BNO3Si. The normalized spacial score (nSPS) is 29.3. The van der Waals surface area contributed by atoms with Crippen LogP contribution in [0.4, 0.5) is 0 Å². The van der Waals surface area contributed by atoms with Gasteiger partial charge >= 0.3 is 5.97 Å². The third kappa shape index (κ3) is 3.36. The highest BCUT2D eigenvalue weighted by atomic mass is 28.4. The van der Waals surface area contributed by atoms with Crippen molar-refractivity contribution in [2.24, 2.45) is 0 Å². The fourth-order valence-electron chi connectivity index (χ4n) is 1.94. The van der Waals surface area contributed by atoms with Crippen LogP contribution >= 0.6 is 0 Å². The van der Waals surface area contributed by atoms with Crippen LogP contribution in [0.15, 0.2) is 0 Å². The standard InChI is InChI=1S/C12H26BNO3Si/c1-12(2,3)18(5,6)17-9-7-8(11(15)16-4)14-10(9)13/h8-10,14H,7,13H2,1-6H3/t8-,9?,10?/m0/s1. The maximum Gasteiger partial charge on any atom is 0.322 e. The smallest absolute Gasteiger partial charge is 0.322 e. The van der Waals surface area contributed by atoms with E-state index >= 15 is 0 Å². The van der Waals surface area contributed by atoms with Gasteiger partial charge in [-0.25, -0.2) is 0 Å². The van der Waals surface area contributed by atoms with Crippen molar-refractivity contribution in [2.75, 3.05) is 7.11 Å². The summed E-state index contributed by atoms with van der Waals surface area (Å²) in [5.41, 5.74) is 0. The summed E-state index contributed by atoms with van der Waals surface area (Å²) in [5.74, 6) is 0.00593. The molecular weight excluding hydrogens is 245 g/mol. The first-order valence-corrected chi connectivity index (χ1v) is 9.51. The molecule has 1 heterocycles. The van der Waals surface area contributed by atoms with E-state index in [4.69, 9.17) is 9.16 Å². The zero-order chi connectivity index (χ0) is 14.1. The highest BCUT2D eigenvalue weighted by Crippen LogP contribution is 2.38. The van der Waals surface area contributed by atoms with Gasteiger partial charge in [-0.05, 0) is 24.6 Å². The Kier molecular flexibility index (Phi) is 4.67. The second-order valence-electron chi connectivity index (χ2n) is 6.68. The highest BCUT2D eigenvalue weighted by molar-refractivity contribution is 6.74. The van der Waals surface area contributed by atoms with Crippen molar-refractivity contribution >= 4 is 22.1 Å². The van der Waals surface area contributed by atoms with Gasteiger partial charge in [0, 0.05) is 5.94 Å². The Hall–Kier alpha value is -0.328. The molecule has 0 aromatic rings. The molecule has 0 amide bonds. The predicted molar refractivity (Wildman–Crippen MR) is 78.0 cm³/mol. The summed E-state index contributed by atoms with van der Waals surface area (Å²) in [4.78, 5) is 11.5. The number of hydrogen-bond acceptors (Lipinski definition) is 4. The first kappa shape index (κ1) is 15.7. The molecule has 2 unspecified atom stereocenters. The fraction of sp³-hybridized carbons (Fsp3) is 0.917. The van der Waals surface area contributed by atoms with Crippen molar-refractivity contribution in [3.05, 3.63) is 0 Å². The van der Waals surface area contributed by atoms with Crippen molar-refractivity contribution < 1.29 is 14.0 Å². The van der Waals surface area contributed by atoms with Crippen LogP contribution in [0.25, 0.3) is 0 Å². The third-order valence-corrected chi connectivity index (χ3v) is 8.73. The molecule has 4 nitrogen and oxygen atoms in total. The highest BCUT2D eigenvalue weighted by Gasteiger charge is 2.44. The van der Waals surface area contributed by atoms with Crippen LogP contribution in [0.1, 0.15) is 27.2 Å². The van der Waals surface area contributed by atoms with Crippen LogP contribution in [0.5, 0.6) is 0 Å². The summed E-state index contributed by atoms with van der Waals surface area (Å²) in [6.07, 6.45) is 0.815. The van der Waals surface area contributed by atoms with E-state index in [0.717, 1.165) is 0 Å². The van der Waals surface area contributed by atoms with Crippen molar-refractivity contribution in [3.63, 3.8) is 0 Å². The number of rotatable bonds is 3. The van der Waals surface area contributed by atoms with E-state index in [1.54, 1.807) is 0 Å². The van der Waals surface area contributed by atoms with E-state index in [0.29, 0.717) is 6.42 Å². The number of esters is 1. The Bertz CT molecular complexity index is 317. The van der Waals surface area contributed by atoms with Gasteiger partial charge in [-0.15, -0.1) is 0 Å². The summed E-state index contributed by atoms with van der Waals surface area (Å²) in [6.45, 7) is 11.2. The lowest BCUT2D eigenvalue weighted by atomic mass is 9.93. The van der Waals surface area contributed by atoms with Gasteiger partial charge in [-0.1, -0.05) is 20.8 Å². The Morgan fingerprint density at radius 1 is 1.39 bits per heavy atom. The molecule has 1 rings (SSSR count). The third-order valence-electron chi connectivity index (χ3n) is 4.23. The Morgan fingerprint density at radius 2 is 1.94 bits per heavy atom. The van der Waals surface area contributed by atoms with Gasteiger partial charge in [0.25, 0.3) is 0 Å². The maximum absolute atomic E-state index is 11.5. The van der Waals surface area contributed by atoms with Gasteiger partial charge in [0.2, 0.25) is 0 Å². The van der Waals surface area contributed by atoms with Gasteiger partial charge < -0.3 is 14.5 Å². The summed E-state index contributed by atoms with van der Waals surface area (Å²) in [7, 11) is 1.72. The molecule has 1 aliphatic rings. The molecule has 1 aliphatic heterocycles. The first-order valence-electron chi connectivity index (χ1n) is 6.60. The van der Waals surface area contributed by atoms with Gasteiger partial charge in [0.15, 0.2) is 8.32 Å². The van der Waals surface area contributed by atoms with Crippen molar-refractivity contribution in [1.29, 1.82) is 0 Å². The van der Waals surface area contributed by atoms with E-state index in [1.165, 1.54) is 7.11 Å². The molecule has 0 saturated carbocycles. The molecule has 0 radical (unpaired) electrons. The Labute approximate surface area is 112 Å². The van der Waals surface area contributed by atoms with E-state index < -0.39 is 8.32 Å². The van der Waals surface area contributed by atoms with Crippen LogP contribution in [-0.2, 0) is 14.0 Å². The number of carbonyl (C=O) groups is 1. The lowest BCUT2D eigenvalue weighted by Gasteiger charge is -2.39. The second-order valence-corrected chi connectivity index (χ2v) is 11.4. The average Bonchev–Trinajstić information content (AvgIpc) is 2.57. The van der Waals surface area contributed by atoms with Crippen LogP contribution in [0, 0.1) is 0 Å². The van der Waals surface area contributed by atoms with E-state index in [1.807, 2.05) is 0 Å². The molecule has 1 fully saturated rings. The summed E-state index contributed by atoms with van der Waals surface area (Å²) < 4.78 is 11.2. The van der Waals surface area contributed by atoms with Gasteiger partial charge in [0.05, 0.1) is 13.2 Å². The van der Waals surface area contributed by atoms with Crippen LogP contribution < -0.4 is 5.32 Å². The van der Waals surface area contributed by atoms with E-state index in [-0.39, 0.29) is 29.1 Å². The molecule has 6 heteroatoms. The topological polar surface area (TPSA) is 47.6 Å². The van der Waals surface area contributed by atoms with Crippen molar-refractivity contribution in [1.82, 2.24) is 5.32 Å². The molecule has 104 valence electrons.